The lowest BCUT2D eigenvalue weighted by molar-refractivity contribution is 0.311. The van der Waals surface area contributed by atoms with Crippen molar-refractivity contribution in [1.29, 1.82) is 0 Å². The molecule has 84 valence electrons. The molecule has 0 aromatic carbocycles. The Labute approximate surface area is 90.2 Å². The third kappa shape index (κ3) is 8.31. The van der Waals surface area contributed by atoms with Gasteiger partial charge in [-0.1, -0.05) is 32.4 Å². The first-order valence-electron chi connectivity index (χ1n) is 5.82. The SMILES string of the molecule is C/C=C/CC(C)CCC(C)CN(C)C. The van der Waals surface area contributed by atoms with E-state index in [0.717, 1.165) is 11.8 Å². The van der Waals surface area contributed by atoms with Gasteiger partial charge in [0.1, 0.15) is 0 Å². The molecule has 0 aromatic heterocycles. The maximum Gasteiger partial charge on any atom is 0.0000921 e. The van der Waals surface area contributed by atoms with Crippen LogP contribution in [0.3, 0.4) is 0 Å². The molecule has 0 aliphatic rings. The molecule has 0 rings (SSSR count). The van der Waals surface area contributed by atoms with Gasteiger partial charge in [0.2, 0.25) is 0 Å². The zero-order chi connectivity index (χ0) is 11.0. The number of hydrogen-bond donors (Lipinski definition) is 0. The second-order valence-electron chi connectivity index (χ2n) is 4.85. The fraction of sp³-hybridized carbons (Fsp3) is 0.846. The smallest absolute Gasteiger partial charge is 0.0000921 e. The van der Waals surface area contributed by atoms with Gasteiger partial charge in [-0.3, -0.25) is 0 Å². The van der Waals surface area contributed by atoms with Crippen LogP contribution in [-0.2, 0) is 0 Å². The average molecular weight is 197 g/mol. The van der Waals surface area contributed by atoms with Gasteiger partial charge >= 0.3 is 0 Å². The summed E-state index contributed by atoms with van der Waals surface area (Å²) in [5.74, 6) is 1.67. The number of allylic oxidation sites excluding steroid dienone is 2. The molecule has 2 unspecified atom stereocenters. The lowest BCUT2D eigenvalue weighted by atomic mass is 9.95. The van der Waals surface area contributed by atoms with Crippen molar-refractivity contribution >= 4 is 0 Å². The minimum absolute atomic E-state index is 0.832. The molecule has 0 aliphatic heterocycles. The third-order valence-corrected chi connectivity index (χ3v) is 2.60. The Hall–Kier alpha value is -0.300. The molecule has 2 atom stereocenters. The van der Waals surface area contributed by atoms with E-state index in [1.165, 1.54) is 25.8 Å². The molecule has 0 saturated carbocycles. The summed E-state index contributed by atoms with van der Waals surface area (Å²) in [7, 11) is 4.31. The van der Waals surface area contributed by atoms with Crippen LogP contribution in [0.2, 0.25) is 0 Å². The summed E-state index contributed by atoms with van der Waals surface area (Å²) in [6.07, 6.45) is 8.39. The fourth-order valence-electron chi connectivity index (χ4n) is 1.77. The van der Waals surface area contributed by atoms with Crippen molar-refractivity contribution in [3.8, 4) is 0 Å². The van der Waals surface area contributed by atoms with Gasteiger partial charge in [0.25, 0.3) is 0 Å². The summed E-state index contributed by atoms with van der Waals surface area (Å²) < 4.78 is 0. The summed E-state index contributed by atoms with van der Waals surface area (Å²) in [5, 5.41) is 0. The standard InChI is InChI=1S/C13H27N/c1-6-7-8-12(2)9-10-13(3)11-14(4)5/h6-7,12-13H,8-11H2,1-5H3/b7-6+. The zero-order valence-corrected chi connectivity index (χ0v) is 10.6. The molecule has 0 heterocycles. The lowest BCUT2D eigenvalue weighted by Gasteiger charge is -2.18. The van der Waals surface area contributed by atoms with E-state index in [1.807, 2.05) is 0 Å². The molecule has 0 aromatic rings. The van der Waals surface area contributed by atoms with E-state index in [1.54, 1.807) is 0 Å². The molecular formula is C13H27N. The summed E-state index contributed by atoms with van der Waals surface area (Å²) in [5.41, 5.74) is 0. The molecular weight excluding hydrogens is 170 g/mol. The van der Waals surface area contributed by atoms with Crippen LogP contribution in [0.4, 0.5) is 0 Å². The highest BCUT2D eigenvalue weighted by Gasteiger charge is 2.06. The van der Waals surface area contributed by atoms with E-state index in [2.05, 4.69) is 51.9 Å². The minimum Gasteiger partial charge on any atom is -0.309 e. The van der Waals surface area contributed by atoms with Crippen molar-refractivity contribution in [3.63, 3.8) is 0 Å². The summed E-state index contributed by atoms with van der Waals surface area (Å²) in [6.45, 7) is 8.02. The van der Waals surface area contributed by atoms with E-state index in [9.17, 15) is 0 Å². The van der Waals surface area contributed by atoms with E-state index in [0.29, 0.717) is 0 Å². The lowest BCUT2D eigenvalue weighted by Crippen LogP contribution is -2.20. The second-order valence-corrected chi connectivity index (χ2v) is 4.85. The quantitative estimate of drug-likeness (QED) is 0.564. The van der Waals surface area contributed by atoms with Crippen molar-refractivity contribution in [2.75, 3.05) is 20.6 Å². The fourth-order valence-corrected chi connectivity index (χ4v) is 1.77. The average Bonchev–Trinajstić information content (AvgIpc) is 2.10. The van der Waals surface area contributed by atoms with Gasteiger partial charge in [-0.15, -0.1) is 0 Å². The summed E-state index contributed by atoms with van der Waals surface area (Å²) in [6, 6.07) is 0. The monoisotopic (exact) mass is 197 g/mol. The van der Waals surface area contributed by atoms with Gasteiger partial charge in [0, 0.05) is 6.54 Å². The van der Waals surface area contributed by atoms with Crippen LogP contribution < -0.4 is 0 Å². The van der Waals surface area contributed by atoms with Gasteiger partial charge in [-0.2, -0.15) is 0 Å². The Morgan fingerprint density at radius 3 is 2.14 bits per heavy atom. The number of nitrogens with zero attached hydrogens (tertiary/aromatic N) is 1. The first-order chi connectivity index (χ1) is 6.56. The van der Waals surface area contributed by atoms with Crippen LogP contribution in [0.25, 0.3) is 0 Å². The molecule has 1 nitrogen and oxygen atoms in total. The Kier molecular flexibility index (Phi) is 7.87. The molecule has 0 bridgehead atoms. The van der Waals surface area contributed by atoms with Crippen molar-refractivity contribution in [2.45, 2.75) is 40.0 Å². The Balaban J connectivity index is 3.50. The Bertz CT molecular complexity index is 149. The van der Waals surface area contributed by atoms with E-state index in [4.69, 9.17) is 0 Å². The highest BCUT2D eigenvalue weighted by Crippen LogP contribution is 2.15. The van der Waals surface area contributed by atoms with E-state index < -0.39 is 0 Å². The molecule has 0 spiro atoms. The number of hydrogen-bond acceptors (Lipinski definition) is 1. The summed E-state index contributed by atoms with van der Waals surface area (Å²) >= 11 is 0. The normalized spacial score (nSPS) is 16.4. The molecule has 0 saturated heterocycles. The summed E-state index contributed by atoms with van der Waals surface area (Å²) in [4.78, 5) is 2.28. The molecule has 0 radical (unpaired) electrons. The van der Waals surface area contributed by atoms with E-state index in [-0.39, 0.29) is 0 Å². The van der Waals surface area contributed by atoms with Gasteiger partial charge in [0.15, 0.2) is 0 Å². The Morgan fingerprint density at radius 1 is 1.07 bits per heavy atom. The molecule has 0 amide bonds. The number of rotatable bonds is 7. The Morgan fingerprint density at radius 2 is 1.64 bits per heavy atom. The van der Waals surface area contributed by atoms with Crippen molar-refractivity contribution in [1.82, 2.24) is 4.90 Å². The second kappa shape index (κ2) is 8.05. The third-order valence-electron chi connectivity index (χ3n) is 2.60. The maximum atomic E-state index is 2.35. The first-order valence-corrected chi connectivity index (χ1v) is 5.82. The predicted octanol–water partition coefficient (Wildman–Crippen LogP) is 3.57. The minimum atomic E-state index is 0.832. The molecule has 14 heavy (non-hydrogen) atoms. The van der Waals surface area contributed by atoms with Crippen LogP contribution in [0, 0.1) is 11.8 Å². The van der Waals surface area contributed by atoms with Crippen molar-refractivity contribution in [2.24, 2.45) is 11.8 Å². The predicted molar refractivity (Wildman–Crippen MR) is 65.5 cm³/mol. The van der Waals surface area contributed by atoms with Crippen molar-refractivity contribution in [3.05, 3.63) is 12.2 Å². The van der Waals surface area contributed by atoms with Gasteiger partial charge in [0.05, 0.1) is 0 Å². The molecule has 0 fully saturated rings. The highest BCUT2D eigenvalue weighted by molar-refractivity contribution is 4.79. The van der Waals surface area contributed by atoms with E-state index >= 15 is 0 Å². The first kappa shape index (κ1) is 13.7. The van der Waals surface area contributed by atoms with Gasteiger partial charge in [-0.25, -0.2) is 0 Å². The molecule has 0 aliphatic carbocycles. The van der Waals surface area contributed by atoms with Crippen LogP contribution in [0.1, 0.15) is 40.0 Å². The van der Waals surface area contributed by atoms with Crippen molar-refractivity contribution < 1.29 is 0 Å². The largest absolute Gasteiger partial charge is 0.309 e. The van der Waals surface area contributed by atoms with Crippen LogP contribution in [0.5, 0.6) is 0 Å². The van der Waals surface area contributed by atoms with Gasteiger partial charge < -0.3 is 4.90 Å². The van der Waals surface area contributed by atoms with Gasteiger partial charge in [-0.05, 0) is 45.7 Å². The van der Waals surface area contributed by atoms with Crippen LogP contribution in [-0.4, -0.2) is 25.5 Å². The van der Waals surface area contributed by atoms with Crippen LogP contribution in [0.15, 0.2) is 12.2 Å². The molecule has 0 N–H and O–H groups in total. The topological polar surface area (TPSA) is 3.24 Å². The molecule has 1 heteroatoms. The maximum absolute atomic E-state index is 2.35. The van der Waals surface area contributed by atoms with Crippen LogP contribution >= 0.6 is 0 Å². The zero-order valence-electron chi connectivity index (χ0n) is 10.6. The highest BCUT2D eigenvalue weighted by atomic mass is 15.1.